The molecule has 1 aliphatic heterocycles. The molecular weight excluding hydrogens is 246 g/mol. The van der Waals surface area contributed by atoms with Crippen molar-refractivity contribution in [3.63, 3.8) is 0 Å². The topological polar surface area (TPSA) is 75.6 Å². The molecule has 0 amide bonds. The van der Waals surface area contributed by atoms with Gasteiger partial charge in [-0.25, -0.2) is 4.79 Å². The third-order valence-corrected chi connectivity index (χ3v) is 3.17. The van der Waals surface area contributed by atoms with Crippen molar-refractivity contribution in [2.45, 2.75) is 32.2 Å². The van der Waals surface area contributed by atoms with E-state index in [1.54, 1.807) is 12.1 Å². The quantitative estimate of drug-likeness (QED) is 0.637. The summed E-state index contributed by atoms with van der Waals surface area (Å²) >= 11 is 0. The summed E-state index contributed by atoms with van der Waals surface area (Å²) in [6.45, 7) is 2.27. The molecule has 19 heavy (non-hydrogen) atoms. The van der Waals surface area contributed by atoms with Crippen LogP contribution in [-0.2, 0) is 11.2 Å². The fourth-order valence-corrected chi connectivity index (χ4v) is 2.33. The Kier molecular flexibility index (Phi) is 4.16. The average Bonchev–Trinajstić information content (AvgIpc) is 2.83. The van der Waals surface area contributed by atoms with E-state index in [0.29, 0.717) is 6.04 Å². The van der Waals surface area contributed by atoms with Gasteiger partial charge in [0, 0.05) is 13.0 Å². The Bertz CT molecular complexity index is 492. The third kappa shape index (κ3) is 3.54. The molecule has 1 atom stereocenters. The normalized spacial score (nSPS) is 18.3. The maximum absolute atomic E-state index is 11.2. The summed E-state index contributed by atoms with van der Waals surface area (Å²) in [5.41, 5.74) is 0.971. The first-order valence-electron chi connectivity index (χ1n) is 6.34. The molecule has 0 spiro atoms. The highest BCUT2D eigenvalue weighted by Gasteiger charge is 2.18. The number of rotatable bonds is 4. The standard InChI is InChI=1S/C14H17NO4/c1-9(16)19-13-5-4-10(8-12(13)14(17)18)7-11-3-2-6-15-11/h4-5,8,11,15H,2-3,6-7H2,1H3,(H,17,18). The number of carbonyl (C=O) groups is 2. The number of carboxylic acid groups (broad SMARTS) is 1. The number of carbonyl (C=O) groups excluding carboxylic acids is 1. The molecule has 0 saturated carbocycles. The van der Waals surface area contributed by atoms with Crippen LogP contribution in [0.25, 0.3) is 0 Å². The van der Waals surface area contributed by atoms with Crippen molar-refractivity contribution < 1.29 is 19.4 Å². The van der Waals surface area contributed by atoms with E-state index in [9.17, 15) is 9.59 Å². The Balaban J connectivity index is 2.19. The molecule has 0 aliphatic carbocycles. The predicted octanol–water partition coefficient (Wildman–Crippen LogP) is 1.60. The predicted molar refractivity (Wildman–Crippen MR) is 69.4 cm³/mol. The van der Waals surface area contributed by atoms with Crippen LogP contribution in [-0.4, -0.2) is 29.6 Å². The molecule has 0 bridgehead atoms. The molecule has 1 fully saturated rings. The fourth-order valence-electron chi connectivity index (χ4n) is 2.33. The molecule has 1 heterocycles. The highest BCUT2D eigenvalue weighted by Crippen LogP contribution is 2.22. The van der Waals surface area contributed by atoms with Gasteiger partial charge < -0.3 is 15.2 Å². The number of aromatic carboxylic acids is 1. The van der Waals surface area contributed by atoms with Gasteiger partial charge in [0.25, 0.3) is 0 Å². The summed E-state index contributed by atoms with van der Waals surface area (Å²) < 4.78 is 4.90. The van der Waals surface area contributed by atoms with Crippen LogP contribution in [0.5, 0.6) is 5.75 Å². The van der Waals surface area contributed by atoms with Crippen molar-refractivity contribution in [1.82, 2.24) is 5.32 Å². The first-order chi connectivity index (χ1) is 9.06. The Hall–Kier alpha value is -1.88. The molecule has 1 aromatic rings. The zero-order chi connectivity index (χ0) is 13.8. The summed E-state index contributed by atoms with van der Waals surface area (Å²) in [7, 11) is 0. The first-order valence-corrected chi connectivity index (χ1v) is 6.34. The van der Waals surface area contributed by atoms with Crippen molar-refractivity contribution in [2.75, 3.05) is 6.54 Å². The second kappa shape index (κ2) is 5.84. The van der Waals surface area contributed by atoms with E-state index < -0.39 is 11.9 Å². The zero-order valence-electron chi connectivity index (χ0n) is 10.8. The Morgan fingerprint density at radius 1 is 1.47 bits per heavy atom. The van der Waals surface area contributed by atoms with Gasteiger partial charge in [0.2, 0.25) is 0 Å². The van der Waals surface area contributed by atoms with Gasteiger partial charge >= 0.3 is 11.9 Å². The highest BCUT2D eigenvalue weighted by atomic mass is 16.5. The van der Waals surface area contributed by atoms with Gasteiger partial charge in [-0.2, -0.15) is 0 Å². The van der Waals surface area contributed by atoms with Crippen LogP contribution in [0.4, 0.5) is 0 Å². The van der Waals surface area contributed by atoms with Crippen molar-refractivity contribution >= 4 is 11.9 Å². The number of ether oxygens (including phenoxy) is 1. The third-order valence-electron chi connectivity index (χ3n) is 3.17. The SMILES string of the molecule is CC(=O)Oc1ccc(CC2CCCN2)cc1C(=O)O. The van der Waals surface area contributed by atoms with E-state index in [-0.39, 0.29) is 11.3 Å². The molecule has 0 aromatic heterocycles. The second-order valence-electron chi connectivity index (χ2n) is 4.73. The van der Waals surface area contributed by atoms with Crippen molar-refractivity contribution in [3.05, 3.63) is 29.3 Å². The fraction of sp³-hybridized carbons (Fsp3) is 0.429. The van der Waals surface area contributed by atoms with Crippen LogP contribution in [0.1, 0.15) is 35.7 Å². The lowest BCUT2D eigenvalue weighted by Crippen LogP contribution is -2.23. The smallest absolute Gasteiger partial charge is 0.339 e. The molecule has 1 aliphatic rings. The minimum Gasteiger partial charge on any atom is -0.478 e. The molecule has 1 unspecified atom stereocenters. The monoisotopic (exact) mass is 263 g/mol. The van der Waals surface area contributed by atoms with Gasteiger partial charge in [-0.05, 0) is 43.5 Å². The van der Waals surface area contributed by atoms with Gasteiger partial charge in [0.1, 0.15) is 11.3 Å². The van der Waals surface area contributed by atoms with E-state index >= 15 is 0 Å². The highest BCUT2D eigenvalue weighted by molar-refractivity contribution is 5.92. The van der Waals surface area contributed by atoms with E-state index in [2.05, 4.69) is 5.32 Å². The summed E-state index contributed by atoms with van der Waals surface area (Å²) in [5.74, 6) is -1.51. The Labute approximate surface area is 111 Å². The number of hydrogen-bond donors (Lipinski definition) is 2. The number of hydrogen-bond acceptors (Lipinski definition) is 4. The minimum absolute atomic E-state index is 0.0331. The summed E-state index contributed by atoms with van der Waals surface area (Å²) in [4.78, 5) is 22.1. The van der Waals surface area contributed by atoms with E-state index in [0.717, 1.165) is 31.4 Å². The first kappa shape index (κ1) is 13.5. The van der Waals surface area contributed by atoms with E-state index in [1.807, 2.05) is 6.07 Å². The number of nitrogens with one attached hydrogen (secondary N) is 1. The van der Waals surface area contributed by atoms with Crippen LogP contribution in [0, 0.1) is 0 Å². The van der Waals surface area contributed by atoms with Gasteiger partial charge in [0.05, 0.1) is 0 Å². The Morgan fingerprint density at radius 2 is 2.26 bits per heavy atom. The molecular formula is C14H17NO4. The second-order valence-corrected chi connectivity index (χ2v) is 4.73. The Morgan fingerprint density at radius 3 is 2.84 bits per heavy atom. The van der Waals surface area contributed by atoms with Crippen molar-refractivity contribution in [3.8, 4) is 5.75 Å². The zero-order valence-corrected chi connectivity index (χ0v) is 10.8. The van der Waals surface area contributed by atoms with Crippen LogP contribution in [0.3, 0.4) is 0 Å². The van der Waals surface area contributed by atoms with E-state index in [4.69, 9.17) is 9.84 Å². The van der Waals surface area contributed by atoms with Gasteiger partial charge in [-0.3, -0.25) is 4.79 Å². The lowest BCUT2D eigenvalue weighted by atomic mass is 10.0. The molecule has 1 aromatic carbocycles. The van der Waals surface area contributed by atoms with Gasteiger partial charge in [-0.15, -0.1) is 0 Å². The van der Waals surface area contributed by atoms with E-state index in [1.165, 1.54) is 6.92 Å². The molecule has 5 heteroatoms. The number of esters is 1. The largest absolute Gasteiger partial charge is 0.478 e. The number of benzene rings is 1. The molecule has 102 valence electrons. The maximum atomic E-state index is 11.2. The molecule has 2 N–H and O–H groups in total. The van der Waals surface area contributed by atoms with Crippen LogP contribution >= 0.6 is 0 Å². The van der Waals surface area contributed by atoms with Crippen molar-refractivity contribution in [1.29, 1.82) is 0 Å². The molecule has 0 radical (unpaired) electrons. The average molecular weight is 263 g/mol. The van der Waals surface area contributed by atoms with Gasteiger partial charge in [-0.1, -0.05) is 6.07 Å². The summed E-state index contributed by atoms with van der Waals surface area (Å²) in [6.07, 6.45) is 3.05. The van der Waals surface area contributed by atoms with Gasteiger partial charge in [0.15, 0.2) is 0 Å². The van der Waals surface area contributed by atoms with Crippen LogP contribution in [0.15, 0.2) is 18.2 Å². The summed E-state index contributed by atoms with van der Waals surface area (Å²) in [5, 5.41) is 12.5. The van der Waals surface area contributed by atoms with Crippen LogP contribution < -0.4 is 10.1 Å². The molecule has 2 rings (SSSR count). The van der Waals surface area contributed by atoms with Crippen molar-refractivity contribution in [2.24, 2.45) is 0 Å². The van der Waals surface area contributed by atoms with Crippen LogP contribution in [0.2, 0.25) is 0 Å². The minimum atomic E-state index is -1.09. The number of carboxylic acids is 1. The lowest BCUT2D eigenvalue weighted by molar-refractivity contribution is -0.131. The molecule has 5 nitrogen and oxygen atoms in total. The lowest BCUT2D eigenvalue weighted by Gasteiger charge is -2.12. The summed E-state index contributed by atoms with van der Waals surface area (Å²) in [6, 6.07) is 5.35. The maximum Gasteiger partial charge on any atom is 0.339 e. The molecule has 1 saturated heterocycles.